The number of nitrogens with zero attached hydrogens (tertiary/aromatic N) is 1. The van der Waals surface area contributed by atoms with Crippen molar-refractivity contribution < 1.29 is 4.79 Å². The van der Waals surface area contributed by atoms with Gasteiger partial charge in [-0.1, -0.05) is 44.2 Å². The molecule has 3 unspecified atom stereocenters. The average molecular weight is 416 g/mol. The minimum absolute atomic E-state index is 0. The molecular formula is C21H35Cl2N3O. The molecule has 154 valence electrons. The van der Waals surface area contributed by atoms with E-state index in [1.807, 2.05) is 6.07 Å². The average Bonchev–Trinajstić information content (AvgIpc) is 2.97. The van der Waals surface area contributed by atoms with Gasteiger partial charge in [0.1, 0.15) is 0 Å². The molecule has 0 spiro atoms. The molecule has 0 saturated carbocycles. The number of carbonyl (C=O) groups is 1. The van der Waals surface area contributed by atoms with Crippen LogP contribution in [-0.4, -0.2) is 42.5 Å². The number of amides is 1. The highest BCUT2D eigenvalue weighted by Crippen LogP contribution is 2.32. The minimum Gasteiger partial charge on any atom is -0.354 e. The topological polar surface area (TPSA) is 44.4 Å². The summed E-state index contributed by atoms with van der Waals surface area (Å²) in [4.78, 5) is 14.9. The maximum atomic E-state index is 12.5. The van der Waals surface area contributed by atoms with Gasteiger partial charge in [-0.15, -0.1) is 24.8 Å². The zero-order valence-electron chi connectivity index (χ0n) is 16.5. The van der Waals surface area contributed by atoms with Gasteiger partial charge in [0.15, 0.2) is 0 Å². The van der Waals surface area contributed by atoms with Gasteiger partial charge in [-0.2, -0.15) is 0 Å². The fourth-order valence-electron chi connectivity index (χ4n) is 4.68. The number of hydrogen-bond acceptors (Lipinski definition) is 3. The van der Waals surface area contributed by atoms with Crippen molar-refractivity contribution in [1.82, 2.24) is 15.5 Å². The van der Waals surface area contributed by atoms with Gasteiger partial charge in [-0.3, -0.25) is 9.69 Å². The summed E-state index contributed by atoms with van der Waals surface area (Å²) >= 11 is 0. The van der Waals surface area contributed by atoms with E-state index in [0.717, 1.165) is 13.1 Å². The van der Waals surface area contributed by atoms with E-state index in [1.165, 1.54) is 31.2 Å². The number of likely N-dealkylation sites (N-methyl/N-ethyl adjacent to an activating group) is 1. The first-order chi connectivity index (χ1) is 12.2. The molecule has 1 aromatic carbocycles. The molecule has 1 aromatic rings. The Labute approximate surface area is 176 Å². The zero-order valence-corrected chi connectivity index (χ0v) is 18.2. The summed E-state index contributed by atoms with van der Waals surface area (Å²) in [5, 5.41) is 6.88. The van der Waals surface area contributed by atoms with E-state index in [-0.39, 0.29) is 36.8 Å². The Hall–Kier alpha value is -0.810. The monoisotopic (exact) mass is 415 g/mol. The Balaban J connectivity index is 0.00000182. The third-order valence-electron chi connectivity index (χ3n) is 5.97. The van der Waals surface area contributed by atoms with Gasteiger partial charge in [0.2, 0.25) is 5.91 Å². The fourth-order valence-corrected chi connectivity index (χ4v) is 4.68. The molecule has 2 aliphatic heterocycles. The van der Waals surface area contributed by atoms with Crippen molar-refractivity contribution in [2.24, 2.45) is 5.92 Å². The second kappa shape index (κ2) is 11.9. The summed E-state index contributed by atoms with van der Waals surface area (Å²) in [5.74, 6) is 0.779. The van der Waals surface area contributed by atoms with E-state index in [1.54, 1.807) is 0 Å². The van der Waals surface area contributed by atoms with Crippen molar-refractivity contribution in [3.05, 3.63) is 35.9 Å². The molecule has 2 aliphatic rings. The molecule has 2 fully saturated rings. The first-order valence-electron chi connectivity index (χ1n) is 10.0. The molecule has 2 bridgehead atoms. The van der Waals surface area contributed by atoms with Crippen LogP contribution in [0.2, 0.25) is 0 Å². The highest BCUT2D eigenvalue weighted by molar-refractivity contribution is 5.85. The summed E-state index contributed by atoms with van der Waals surface area (Å²) in [6, 6.07) is 12.1. The van der Waals surface area contributed by atoms with E-state index < -0.39 is 0 Å². The molecule has 2 saturated heterocycles. The summed E-state index contributed by atoms with van der Waals surface area (Å²) in [6.07, 6.45) is 5.61. The first kappa shape index (κ1) is 24.2. The molecule has 0 radical (unpaired) electrons. The fraction of sp³-hybridized carbons (Fsp3) is 0.667. The van der Waals surface area contributed by atoms with Crippen LogP contribution >= 0.6 is 24.8 Å². The largest absolute Gasteiger partial charge is 0.354 e. The predicted octanol–water partition coefficient (Wildman–Crippen LogP) is 3.95. The second-order valence-electron chi connectivity index (χ2n) is 7.63. The highest BCUT2D eigenvalue weighted by Gasteiger charge is 2.34. The van der Waals surface area contributed by atoms with Crippen LogP contribution in [0.25, 0.3) is 0 Å². The first-order valence-corrected chi connectivity index (χ1v) is 10.0. The van der Waals surface area contributed by atoms with Crippen molar-refractivity contribution >= 4 is 30.7 Å². The van der Waals surface area contributed by atoms with E-state index in [2.05, 4.69) is 53.6 Å². The Kier molecular flexibility index (Phi) is 10.7. The van der Waals surface area contributed by atoms with Crippen molar-refractivity contribution in [2.45, 2.75) is 64.1 Å². The van der Waals surface area contributed by atoms with Gasteiger partial charge < -0.3 is 10.6 Å². The second-order valence-corrected chi connectivity index (χ2v) is 7.63. The lowest BCUT2D eigenvalue weighted by Crippen LogP contribution is -2.41. The molecule has 2 N–H and O–H groups in total. The van der Waals surface area contributed by atoms with Crippen LogP contribution in [0.15, 0.2) is 30.3 Å². The molecule has 6 heteroatoms. The molecule has 4 nitrogen and oxygen atoms in total. The van der Waals surface area contributed by atoms with Gasteiger partial charge >= 0.3 is 0 Å². The number of piperidine rings is 1. The number of halogens is 2. The van der Waals surface area contributed by atoms with Crippen molar-refractivity contribution in [3.8, 4) is 0 Å². The summed E-state index contributed by atoms with van der Waals surface area (Å²) in [6.45, 7) is 7.05. The molecule has 0 aliphatic carbocycles. The number of hydrogen-bond donors (Lipinski definition) is 2. The lowest BCUT2D eigenvalue weighted by atomic mass is 9.89. The lowest BCUT2D eigenvalue weighted by molar-refractivity contribution is -0.122. The third-order valence-corrected chi connectivity index (χ3v) is 5.97. The smallest absolute Gasteiger partial charge is 0.220 e. The zero-order chi connectivity index (χ0) is 17.6. The van der Waals surface area contributed by atoms with Crippen LogP contribution in [0.4, 0.5) is 0 Å². The van der Waals surface area contributed by atoms with Crippen molar-refractivity contribution in [1.29, 1.82) is 0 Å². The van der Waals surface area contributed by atoms with Crippen LogP contribution in [-0.2, 0) is 4.79 Å². The molecule has 2 heterocycles. The molecule has 3 atom stereocenters. The maximum absolute atomic E-state index is 12.5. The summed E-state index contributed by atoms with van der Waals surface area (Å²) < 4.78 is 0. The van der Waals surface area contributed by atoms with Crippen LogP contribution in [0.5, 0.6) is 0 Å². The number of fused-ring (bicyclic) bond motifs is 2. The van der Waals surface area contributed by atoms with Crippen LogP contribution in [0.3, 0.4) is 0 Å². The van der Waals surface area contributed by atoms with Crippen LogP contribution in [0, 0.1) is 5.92 Å². The molecular weight excluding hydrogens is 381 g/mol. The number of nitrogens with one attached hydrogen (secondary N) is 2. The Morgan fingerprint density at radius 3 is 2.26 bits per heavy atom. The van der Waals surface area contributed by atoms with E-state index in [4.69, 9.17) is 0 Å². The van der Waals surface area contributed by atoms with Crippen LogP contribution in [0.1, 0.15) is 57.6 Å². The van der Waals surface area contributed by atoms with Gasteiger partial charge in [0.25, 0.3) is 0 Å². The SMILES string of the molecule is CCN(CC)C(CNC(=O)CC1CC2CCC(C1)N2)c1ccccc1.Cl.Cl. The van der Waals surface area contributed by atoms with Gasteiger partial charge in [-0.05, 0) is 50.3 Å². The summed E-state index contributed by atoms with van der Waals surface area (Å²) in [5.41, 5.74) is 1.28. The molecule has 27 heavy (non-hydrogen) atoms. The quantitative estimate of drug-likeness (QED) is 0.675. The van der Waals surface area contributed by atoms with Crippen molar-refractivity contribution in [2.75, 3.05) is 19.6 Å². The molecule has 0 aromatic heterocycles. The van der Waals surface area contributed by atoms with Crippen molar-refractivity contribution in [3.63, 3.8) is 0 Å². The minimum atomic E-state index is 0. The number of rotatable bonds is 8. The van der Waals surface area contributed by atoms with E-state index in [0.29, 0.717) is 31.0 Å². The third kappa shape index (κ3) is 6.63. The van der Waals surface area contributed by atoms with Gasteiger partial charge in [-0.25, -0.2) is 0 Å². The van der Waals surface area contributed by atoms with Gasteiger partial charge in [0, 0.05) is 25.0 Å². The standard InChI is InChI=1S/C21H33N3O.2ClH/c1-3-24(4-2)20(17-8-6-5-7-9-17)15-22-21(25)14-16-12-18-10-11-19(13-16)23-18;;/h5-9,16,18-20,23H,3-4,10-15H2,1-2H3,(H,22,25);2*1H. The van der Waals surface area contributed by atoms with Gasteiger partial charge in [0.05, 0.1) is 6.04 Å². The predicted molar refractivity (Wildman–Crippen MR) is 117 cm³/mol. The lowest BCUT2D eigenvalue weighted by Gasteiger charge is -2.31. The normalized spacial score (nSPS) is 24.6. The molecule has 3 rings (SSSR count). The Bertz CT molecular complexity index is 542. The molecule has 1 amide bonds. The van der Waals surface area contributed by atoms with Crippen LogP contribution < -0.4 is 10.6 Å². The van der Waals surface area contributed by atoms with E-state index in [9.17, 15) is 4.79 Å². The maximum Gasteiger partial charge on any atom is 0.220 e. The number of benzene rings is 1. The Morgan fingerprint density at radius 2 is 1.70 bits per heavy atom. The van der Waals surface area contributed by atoms with E-state index >= 15 is 0 Å². The Morgan fingerprint density at radius 1 is 1.11 bits per heavy atom. The number of carbonyl (C=O) groups excluding carboxylic acids is 1. The summed E-state index contributed by atoms with van der Waals surface area (Å²) in [7, 11) is 0. The highest BCUT2D eigenvalue weighted by atomic mass is 35.5.